The van der Waals surface area contributed by atoms with Crippen molar-refractivity contribution in [1.29, 1.82) is 0 Å². The van der Waals surface area contributed by atoms with Crippen LogP contribution in [0.1, 0.15) is 71.1 Å². The first-order valence-corrected chi connectivity index (χ1v) is 14.3. The van der Waals surface area contributed by atoms with Crippen LogP contribution in [-0.2, 0) is 0 Å². The summed E-state index contributed by atoms with van der Waals surface area (Å²) in [7, 11) is 0. The molecule has 0 bridgehead atoms. The van der Waals surface area contributed by atoms with Gasteiger partial charge in [-0.3, -0.25) is 10.1 Å². The van der Waals surface area contributed by atoms with Crippen molar-refractivity contribution in [3.05, 3.63) is 95.1 Å². The quantitative estimate of drug-likeness (QED) is 0.199. The molecule has 4 aromatic rings. The van der Waals surface area contributed by atoms with Gasteiger partial charge in [-0.25, -0.2) is 4.79 Å². The van der Waals surface area contributed by atoms with E-state index in [1.807, 2.05) is 42.7 Å². The number of thioether (sulfide) groups is 1. The van der Waals surface area contributed by atoms with E-state index in [1.54, 1.807) is 23.9 Å². The van der Waals surface area contributed by atoms with E-state index in [0.29, 0.717) is 17.2 Å². The molecule has 39 heavy (non-hydrogen) atoms. The molecule has 0 spiro atoms. The molecule has 200 valence electrons. The third-order valence-electron chi connectivity index (χ3n) is 7.05. The second kappa shape index (κ2) is 12.6. The van der Waals surface area contributed by atoms with Crippen molar-refractivity contribution in [3.8, 4) is 0 Å². The van der Waals surface area contributed by atoms with Gasteiger partial charge in [-0.1, -0.05) is 60.8 Å². The maximum absolute atomic E-state index is 13.1. The Kier molecular flexibility index (Phi) is 8.52. The van der Waals surface area contributed by atoms with Crippen LogP contribution >= 0.6 is 11.8 Å². The second-order valence-electron chi connectivity index (χ2n) is 9.57. The van der Waals surface area contributed by atoms with Crippen LogP contribution in [0.3, 0.4) is 0 Å². The molecule has 9 nitrogen and oxygen atoms in total. The average Bonchev–Trinajstić information content (AvgIpc) is 3.50. The summed E-state index contributed by atoms with van der Waals surface area (Å²) in [6.45, 7) is 0. The molecular weight excluding hydrogens is 510 g/mol. The zero-order valence-corrected chi connectivity index (χ0v) is 22.5. The van der Waals surface area contributed by atoms with Crippen LogP contribution in [0.5, 0.6) is 0 Å². The van der Waals surface area contributed by atoms with E-state index >= 15 is 0 Å². The van der Waals surface area contributed by atoms with E-state index in [-0.39, 0.29) is 17.9 Å². The molecule has 1 atom stereocenters. The number of nitrogens with one attached hydrogen (secondary N) is 4. The highest BCUT2D eigenvalue weighted by molar-refractivity contribution is 7.98. The number of amides is 3. The number of H-pyrrole nitrogens is 1. The van der Waals surface area contributed by atoms with E-state index in [9.17, 15) is 9.59 Å². The van der Waals surface area contributed by atoms with E-state index in [2.05, 4.69) is 60.8 Å². The number of urea groups is 1. The molecule has 3 amide bonds. The summed E-state index contributed by atoms with van der Waals surface area (Å²) >= 11 is 1.65. The molecule has 1 unspecified atom stereocenters. The third-order valence-corrected chi connectivity index (χ3v) is 7.79. The van der Waals surface area contributed by atoms with Gasteiger partial charge < -0.3 is 10.6 Å². The van der Waals surface area contributed by atoms with Crippen molar-refractivity contribution in [2.45, 2.75) is 49.0 Å². The summed E-state index contributed by atoms with van der Waals surface area (Å²) in [4.78, 5) is 26.8. The van der Waals surface area contributed by atoms with Crippen molar-refractivity contribution in [1.82, 2.24) is 25.9 Å². The van der Waals surface area contributed by atoms with Gasteiger partial charge in [0.2, 0.25) is 0 Å². The minimum absolute atomic E-state index is 0.101. The maximum Gasteiger partial charge on any atom is 0.319 e. The molecule has 1 heterocycles. The van der Waals surface area contributed by atoms with Gasteiger partial charge in [0, 0.05) is 16.1 Å². The lowest BCUT2D eigenvalue weighted by atomic mass is 9.83. The molecule has 0 saturated heterocycles. The minimum atomic E-state index is -0.412. The lowest BCUT2D eigenvalue weighted by molar-refractivity contribution is 0.102. The lowest BCUT2D eigenvalue weighted by Crippen LogP contribution is -2.33. The molecule has 0 aliphatic heterocycles. The average molecular weight is 542 g/mol. The van der Waals surface area contributed by atoms with Crippen LogP contribution in [0.25, 0.3) is 0 Å². The van der Waals surface area contributed by atoms with Gasteiger partial charge in [0.1, 0.15) is 0 Å². The van der Waals surface area contributed by atoms with Crippen molar-refractivity contribution < 1.29 is 9.59 Å². The van der Waals surface area contributed by atoms with Crippen LogP contribution in [0.2, 0.25) is 0 Å². The first kappa shape index (κ1) is 26.4. The van der Waals surface area contributed by atoms with Gasteiger partial charge in [0.15, 0.2) is 0 Å². The van der Waals surface area contributed by atoms with Gasteiger partial charge in [-0.2, -0.15) is 5.21 Å². The Morgan fingerprint density at radius 1 is 0.872 bits per heavy atom. The molecule has 1 fully saturated rings. The molecule has 1 saturated carbocycles. The van der Waals surface area contributed by atoms with Crippen molar-refractivity contribution in [2.24, 2.45) is 0 Å². The summed E-state index contributed by atoms with van der Waals surface area (Å²) in [5, 5.41) is 21.9. The van der Waals surface area contributed by atoms with Crippen molar-refractivity contribution >= 4 is 35.3 Å². The number of tetrazole rings is 1. The fourth-order valence-electron chi connectivity index (χ4n) is 4.94. The molecule has 5 rings (SSSR count). The molecular formula is C29H31N7O2S. The van der Waals surface area contributed by atoms with Crippen molar-refractivity contribution in [2.75, 3.05) is 16.9 Å². The number of nitrogens with zero attached hydrogens (tertiary/aromatic N) is 3. The van der Waals surface area contributed by atoms with Gasteiger partial charge >= 0.3 is 6.03 Å². The normalized spacial score (nSPS) is 14.4. The fourth-order valence-corrected chi connectivity index (χ4v) is 5.35. The molecule has 0 radical (unpaired) electrons. The summed E-state index contributed by atoms with van der Waals surface area (Å²) in [6, 6.07) is 22.7. The number of aromatic nitrogens is 4. The first-order valence-electron chi connectivity index (χ1n) is 13.1. The third kappa shape index (κ3) is 6.83. The predicted octanol–water partition coefficient (Wildman–Crippen LogP) is 6.13. The van der Waals surface area contributed by atoms with Gasteiger partial charge in [0.25, 0.3) is 11.9 Å². The monoisotopic (exact) mass is 541 g/mol. The van der Waals surface area contributed by atoms with E-state index < -0.39 is 6.04 Å². The molecule has 1 aliphatic carbocycles. The predicted molar refractivity (Wildman–Crippen MR) is 153 cm³/mol. The molecule has 1 aromatic heterocycles. The van der Waals surface area contributed by atoms with Gasteiger partial charge in [-0.15, -0.1) is 16.9 Å². The Morgan fingerprint density at radius 2 is 1.54 bits per heavy atom. The summed E-state index contributed by atoms with van der Waals surface area (Å²) in [6.07, 6.45) is 8.35. The Balaban J connectivity index is 1.35. The largest absolute Gasteiger partial charge is 0.327 e. The number of benzene rings is 3. The SMILES string of the molecule is CSc1ccc(NC(=O)NC(c2ccc(C(=O)Nc3nn[nH]n3)cc2)c2ccc(C3CCCCC3)cc2)cc1. The molecule has 3 aromatic carbocycles. The maximum atomic E-state index is 13.1. The summed E-state index contributed by atoms with van der Waals surface area (Å²) in [5.41, 5.74) is 4.32. The Bertz CT molecular complexity index is 1370. The highest BCUT2D eigenvalue weighted by atomic mass is 32.2. The smallest absolute Gasteiger partial charge is 0.319 e. The van der Waals surface area contributed by atoms with Crippen LogP contribution in [-0.4, -0.2) is 38.8 Å². The minimum Gasteiger partial charge on any atom is -0.327 e. The topological polar surface area (TPSA) is 125 Å². The zero-order chi connectivity index (χ0) is 27.0. The summed E-state index contributed by atoms with van der Waals surface area (Å²) in [5.74, 6) is 0.350. The number of hydrogen-bond donors (Lipinski definition) is 4. The lowest BCUT2D eigenvalue weighted by Gasteiger charge is -2.24. The van der Waals surface area contributed by atoms with Gasteiger partial charge in [0.05, 0.1) is 6.04 Å². The Labute approximate surface area is 231 Å². The van der Waals surface area contributed by atoms with Crippen LogP contribution in [0.15, 0.2) is 77.7 Å². The Morgan fingerprint density at radius 3 is 2.15 bits per heavy atom. The van der Waals surface area contributed by atoms with E-state index in [0.717, 1.165) is 16.0 Å². The number of carbonyl (C=O) groups excluding carboxylic acids is 2. The summed E-state index contributed by atoms with van der Waals surface area (Å²) < 4.78 is 0. The molecule has 1 aliphatic rings. The zero-order valence-electron chi connectivity index (χ0n) is 21.7. The number of hydrogen-bond acceptors (Lipinski definition) is 6. The van der Waals surface area contributed by atoms with Crippen LogP contribution in [0, 0.1) is 0 Å². The van der Waals surface area contributed by atoms with Crippen molar-refractivity contribution in [3.63, 3.8) is 0 Å². The number of rotatable bonds is 8. The molecule has 4 N–H and O–H groups in total. The first-order chi connectivity index (χ1) is 19.1. The number of carbonyl (C=O) groups is 2. The number of aromatic amines is 1. The number of anilines is 2. The highest BCUT2D eigenvalue weighted by Gasteiger charge is 2.20. The Hall–Kier alpha value is -4.18. The standard InChI is InChI=1S/C29H31N7O2S/c1-39-25-17-15-24(16-18-25)30-29(38)31-26(21-9-7-20(8-10-21)19-5-3-2-4-6-19)22-11-13-23(14-12-22)27(37)32-28-33-35-36-34-28/h7-19,26H,2-6H2,1H3,(H2,30,31,38)(H2,32,33,34,35,36,37). The highest BCUT2D eigenvalue weighted by Crippen LogP contribution is 2.33. The van der Waals surface area contributed by atoms with E-state index in [1.165, 1.54) is 37.7 Å². The second-order valence-corrected chi connectivity index (χ2v) is 10.5. The fraction of sp³-hybridized carbons (Fsp3) is 0.276. The van der Waals surface area contributed by atoms with Crippen LogP contribution in [0.4, 0.5) is 16.4 Å². The van der Waals surface area contributed by atoms with Crippen LogP contribution < -0.4 is 16.0 Å². The van der Waals surface area contributed by atoms with E-state index in [4.69, 9.17) is 0 Å². The molecule has 10 heteroatoms. The van der Waals surface area contributed by atoms with Gasteiger partial charge in [-0.05, 0) is 83.3 Å².